The molecule has 1 unspecified atom stereocenters. The van der Waals surface area contributed by atoms with Crippen LogP contribution >= 0.6 is 11.8 Å². The molecule has 1 aromatic rings. The SMILES string of the molecule is CCCCS(=O)CCCCCCCCCCC(=O)Nc1ccccc1SCCCC(=O)O. The Morgan fingerprint density at radius 2 is 1.50 bits per heavy atom. The van der Waals surface area contributed by atoms with Gasteiger partial charge in [-0.2, -0.15) is 0 Å². The highest BCUT2D eigenvalue weighted by atomic mass is 32.2. The number of aliphatic carboxylic acids is 1. The van der Waals surface area contributed by atoms with Crippen molar-refractivity contribution in [3.63, 3.8) is 0 Å². The molecule has 182 valence electrons. The van der Waals surface area contributed by atoms with Crippen LogP contribution in [-0.4, -0.2) is 38.5 Å². The van der Waals surface area contributed by atoms with Crippen LogP contribution in [0.3, 0.4) is 0 Å². The van der Waals surface area contributed by atoms with Crippen LogP contribution in [-0.2, 0) is 20.4 Å². The third kappa shape index (κ3) is 15.5. The number of nitrogens with one attached hydrogen (secondary N) is 1. The second kappa shape index (κ2) is 19.2. The molecule has 1 atom stereocenters. The lowest BCUT2D eigenvalue weighted by Gasteiger charge is -2.10. The molecule has 0 saturated heterocycles. The molecule has 5 nitrogen and oxygen atoms in total. The van der Waals surface area contributed by atoms with E-state index in [1.54, 1.807) is 11.8 Å². The summed E-state index contributed by atoms with van der Waals surface area (Å²) in [6.07, 6.45) is 12.5. The fourth-order valence-corrected chi connectivity index (χ4v) is 5.63. The first-order valence-electron chi connectivity index (χ1n) is 12.1. The van der Waals surface area contributed by atoms with Crippen molar-refractivity contribution in [2.75, 3.05) is 22.6 Å². The van der Waals surface area contributed by atoms with Crippen LogP contribution in [0.2, 0.25) is 0 Å². The molecule has 2 N–H and O–H groups in total. The van der Waals surface area contributed by atoms with Crippen LogP contribution in [0.15, 0.2) is 29.2 Å². The number of para-hydroxylation sites is 1. The number of hydrogen-bond donors (Lipinski definition) is 2. The van der Waals surface area contributed by atoms with Gasteiger partial charge >= 0.3 is 5.97 Å². The number of hydrogen-bond acceptors (Lipinski definition) is 4. The second-order valence-corrected chi connectivity index (χ2v) is 11.0. The summed E-state index contributed by atoms with van der Waals surface area (Å²) >= 11 is 1.58. The Hall–Kier alpha value is -1.34. The lowest BCUT2D eigenvalue weighted by molar-refractivity contribution is -0.137. The Morgan fingerprint density at radius 1 is 0.875 bits per heavy atom. The maximum atomic E-state index is 12.3. The largest absolute Gasteiger partial charge is 0.481 e. The lowest BCUT2D eigenvalue weighted by atomic mass is 10.1. The predicted molar refractivity (Wildman–Crippen MR) is 137 cm³/mol. The van der Waals surface area contributed by atoms with Crippen molar-refractivity contribution in [3.8, 4) is 0 Å². The van der Waals surface area contributed by atoms with E-state index in [0.717, 1.165) is 66.4 Å². The standard InChI is InChI=1S/C25H41NO4S2/c1-2-3-20-32(30)21-13-9-7-5-4-6-8-10-17-24(27)26-22-15-11-12-16-23(22)31-19-14-18-25(28)29/h11-12,15-16H,2-10,13-14,17-21H2,1H3,(H,26,27)(H,28,29). The molecule has 0 bridgehead atoms. The molecule has 1 rings (SSSR count). The van der Waals surface area contributed by atoms with Crippen molar-refractivity contribution in [1.82, 2.24) is 0 Å². The summed E-state index contributed by atoms with van der Waals surface area (Å²) in [5, 5.41) is 11.7. The maximum Gasteiger partial charge on any atom is 0.303 e. The fourth-order valence-electron chi connectivity index (χ4n) is 3.33. The Morgan fingerprint density at radius 3 is 2.19 bits per heavy atom. The van der Waals surface area contributed by atoms with Gasteiger partial charge in [0.1, 0.15) is 0 Å². The molecule has 7 heteroatoms. The van der Waals surface area contributed by atoms with E-state index in [1.807, 2.05) is 24.3 Å². The topological polar surface area (TPSA) is 83.5 Å². The normalized spacial score (nSPS) is 11.9. The molecule has 1 amide bonds. The van der Waals surface area contributed by atoms with Crippen LogP contribution in [0, 0.1) is 0 Å². The zero-order chi connectivity index (χ0) is 23.4. The molecule has 0 spiro atoms. The highest BCUT2D eigenvalue weighted by molar-refractivity contribution is 7.99. The Labute approximate surface area is 201 Å². The number of carbonyl (C=O) groups excluding carboxylic acids is 1. The minimum Gasteiger partial charge on any atom is -0.481 e. The number of amides is 1. The molecule has 0 saturated carbocycles. The second-order valence-electron chi connectivity index (χ2n) is 8.17. The summed E-state index contributed by atoms with van der Waals surface area (Å²) in [7, 11) is -0.617. The van der Waals surface area contributed by atoms with Gasteiger partial charge in [-0.05, 0) is 43.6 Å². The van der Waals surface area contributed by atoms with E-state index < -0.39 is 16.8 Å². The summed E-state index contributed by atoms with van der Waals surface area (Å²) in [5.74, 6) is 1.71. The van der Waals surface area contributed by atoms with E-state index in [1.165, 1.54) is 25.7 Å². The zero-order valence-corrected chi connectivity index (χ0v) is 21.2. The fraction of sp³-hybridized carbons (Fsp3) is 0.680. The minimum absolute atomic E-state index is 0.0414. The van der Waals surface area contributed by atoms with E-state index in [9.17, 15) is 13.8 Å². The van der Waals surface area contributed by atoms with Gasteiger partial charge in [0.05, 0.1) is 5.69 Å². The molecular weight excluding hydrogens is 442 g/mol. The van der Waals surface area contributed by atoms with E-state index in [2.05, 4.69) is 12.2 Å². The third-order valence-electron chi connectivity index (χ3n) is 5.21. The summed E-state index contributed by atoms with van der Waals surface area (Å²) in [6.45, 7) is 2.14. The molecular formula is C25H41NO4S2. The Bertz CT molecular complexity index is 682. The summed E-state index contributed by atoms with van der Waals surface area (Å²) in [4.78, 5) is 23.9. The quantitative estimate of drug-likeness (QED) is 0.160. The first-order chi connectivity index (χ1) is 15.5. The number of carboxylic acids is 1. The molecule has 0 heterocycles. The molecule has 0 aromatic heterocycles. The van der Waals surface area contributed by atoms with Crippen LogP contribution in [0.5, 0.6) is 0 Å². The Balaban J connectivity index is 2.07. The third-order valence-corrected chi connectivity index (χ3v) is 7.85. The van der Waals surface area contributed by atoms with Crippen LogP contribution in [0.25, 0.3) is 0 Å². The number of thioether (sulfide) groups is 1. The van der Waals surface area contributed by atoms with Gasteiger partial charge < -0.3 is 10.4 Å². The first kappa shape index (κ1) is 28.7. The van der Waals surface area contributed by atoms with E-state index in [4.69, 9.17) is 5.11 Å². The van der Waals surface area contributed by atoms with Crippen LogP contribution in [0.4, 0.5) is 5.69 Å². The molecule has 0 fully saturated rings. The Kier molecular flexibility index (Phi) is 17.2. The maximum absolute atomic E-state index is 12.3. The number of carbonyl (C=O) groups is 2. The lowest BCUT2D eigenvalue weighted by Crippen LogP contribution is -2.11. The van der Waals surface area contributed by atoms with Gasteiger partial charge in [-0.15, -0.1) is 11.8 Å². The number of rotatable bonds is 20. The number of unbranched alkanes of at least 4 members (excludes halogenated alkanes) is 8. The van der Waals surface area contributed by atoms with Gasteiger partial charge in [0.2, 0.25) is 5.91 Å². The van der Waals surface area contributed by atoms with Gasteiger partial charge in [-0.25, -0.2) is 0 Å². The van der Waals surface area contributed by atoms with Crippen molar-refractivity contribution in [2.45, 2.75) is 95.3 Å². The average molecular weight is 484 g/mol. The molecule has 0 aliphatic carbocycles. The van der Waals surface area contributed by atoms with E-state index in [0.29, 0.717) is 12.8 Å². The number of anilines is 1. The van der Waals surface area contributed by atoms with Crippen molar-refractivity contribution in [1.29, 1.82) is 0 Å². The smallest absolute Gasteiger partial charge is 0.303 e. The first-order valence-corrected chi connectivity index (χ1v) is 14.6. The number of benzene rings is 1. The molecule has 0 aliphatic rings. The zero-order valence-electron chi connectivity index (χ0n) is 19.6. The van der Waals surface area contributed by atoms with Crippen LogP contribution < -0.4 is 5.32 Å². The highest BCUT2D eigenvalue weighted by Crippen LogP contribution is 2.28. The number of carboxylic acid groups (broad SMARTS) is 1. The highest BCUT2D eigenvalue weighted by Gasteiger charge is 2.07. The van der Waals surface area contributed by atoms with Crippen molar-refractivity contribution in [2.24, 2.45) is 0 Å². The molecule has 0 radical (unpaired) electrons. The van der Waals surface area contributed by atoms with Crippen LogP contribution in [0.1, 0.15) is 90.4 Å². The van der Waals surface area contributed by atoms with Gasteiger partial charge in [0.25, 0.3) is 0 Å². The van der Waals surface area contributed by atoms with Gasteiger partial charge in [0, 0.05) is 40.0 Å². The van der Waals surface area contributed by atoms with E-state index in [-0.39, 0.29) is 12.3 Å². The van der Waals surface area contributed by atoms with Gasteiger partial charge in [-0.3, -0.25) is 13.8 Å². The molecule has 32 heavy (non-hydrogen) atoms. The van der Waals surface area contributed by atoms with Gasteiger partial charge in [-0.1, -0.05) is 64.0 Å². The van der Waals surface area contributed by atoms with Crippen molar-refractivity contribution in [3.05, 3.63) is 24.3 Å². The predicted octanol–water partition coefficient (Wildman–Crippen LogP) is 6.64. The molecule has 0 aliphatic heterocycles. The monoisotopic (exact) mass is 483 g/mol. The van der Waals surface area contributed by atoms with E-state index >= 15 is 0 Å². The summed E-state index contributed by atoms with van der Waals surface area (Å²) < 4.78 is 11.7. The average Bonchev–Trinajstić information content (AvgIpc) is 2.77. The minimum atomic E-state index is -0.775. The van der Waals surface area contributed by atoms with Crippen molar-refractivity contribution < 1.29 is 18.9 Å². The molecule has 1 aromatic carbocycles. The summed E-state index contributed by atoms with van der Waals surface area (Å²) in [6, 6.07) is 7.70. The summed E-state index contributed by atoms with van der Waals surface area (Å²) in [5.41, 5.74) is 0.813. The van der Waals surface area contributed by atoms with Gasteiger partial charge in [0.15, 0.2) is 0 Å². The van der Waals surface area contributed by atoms with Crippen molar-refractivity contribution >= 4 is 40.1 Å².